The zero-order chi connectivity index (χ0) is 34.4. The second kappa shape index (κ2) is 15.6. The highest BCUT2D eigenvalue weighted by Crippen LogP contribution is 2.39. The molecule has 0 N–H and O–H groups in total. The number of unbranched alkanes of at least 4 members (excludes halogenated alkanes) is 2. The molecule has 0 spiro atoms. The van der Waals surface area contributed by atoms with Crippen molar-refractivity contribution in [1.82, 2.24) is 9.91 Å². The van der Waals surface area contributed by atoms with Crippen LogP contribution in [-0.4, -0.2) is 67.0 Å². The number of hydrogen-bond acceptors (Lipinski definition) is 8. The number of amides is 1. The van der Waals surface area contributed by atoms with Crippen LogP contribution in [0.15, 0.2) is 71.8 Å². The van der Waals surface area contributed by atoms with Gasteiger partial charge in [0.05, 0.1) is 33.1 Å². The Morgan fingerprint density at radius 2 is 1.71 bits per heavy atom. The maximum Gasteiger partial charge on any atom is 0.246 e. The first kappa shape index (κ1) is 34.6. The molecular weight excluding hydrogens is 618 g/mol. The largest absolute Gasteiger partial charge is 0.493 e. The minimum absolute atomic E-state index is 0.0325. The van der Waals surface area contributed by atoms with Crippen LogP contribution in [0, 0.1) is 11.8 Å². The fourth-order valence-electron chi connectivity index (χ4n) is 7.26. The molecule has 2 aliphatic heterocycles. The van der Waals surface area contributed by atoms with Crippen LogP contribution in [-0.2, 0) is 22.7 Å². The van der Waals surface area contributed by atoms with E-state index in [1.807, 2.05) is 68.4 Å². The molecule has 6 rings (SSSR count). The molecule has 1 saturated carbocycles. The second-order valence-electron chi connectivity index (χ2n) is 13.8. The van der Waals surface area contributed by atoms with Crippen LogP contribution in [0.25, 0.3) is 0 Å². The minimum Gasteiger partial charge on any atom is -0.493 e. The standard InChI is InChI=1S/C40H49N3O6/c1-40(2)48-27-31-23-29(17-19-35(31)49-40)34(44)26-42(25-28-13-7-5-8-14-28)21-11-6-12-22-43-39(45)33-16-10-9-15-32(33)38(41-43)30-18-20-36(46-3)37(24-30)47-4/h5,7-8,13-14,17-20,23-24,32-33H,6,9-12,15-16,21-22,25-27H2,1-4H3. The molecular formula is C40H49N3O6. The van der Waals surface area contributed by atoms with Crippen molar-refractivity contribution in [2.24, 2.45) is 16.9 Å². The Labute approximate surface area is 290 Å². The van der Waals surface area contributed by atoms with Crippen LogP contribution in [0.5, 0.6) is 17.2 Å². The third-order valence-corrected chi connectivity index (χ3v) is 9.87. The van der Waals surface area contributed by atoms with Gasteiger partial charge in [-0.15, -0.1) is 0 Å². The van der Waals surface area contributed by atoms with Crippen LogP contribution in [0.4, 0.5) is 0 Å². The Bertz CT molecular complexity index is 1650. The van der Waals surface area contributed by atoms with Crippen molar-refractivity contribution < 1.29 is 28.5 Å². The van der Waals surface area contributed by atoms with E-state index in [0.717, 1.165) is 74.1 Å². The summed E-state index contributed by atoms with van der Waals surface area (Å²) in [5.74, 6) is 1.74. The summed E-state index contributed by atoms with van der Waals surface area (Å²) in [6.45, 7) is 6.53. The molecule has 49 heavy (non-hydrogen) atoms. The van der Waals surface area contributed by atoms with Crippen molar-refractivity contribution >= 4 is 17.4 Å². The third kappa shape index (κ3) is 8.33. The maximum absolute atomic E-state index is 13.6. The van der Waals surface area contributed by atoms with Gasteiger partial charge >= 0.3 is 0 Å². The van der Waals surface area contributed by atoms with Crippen LogP contribution in [0.3, 0.4) is 0 Å². The number of fused-ring (bicyclic) bond motifs is 2. The van der Waals surface area contributed by atoms with Gasteiger partial charge < -0.3 is 18.9 Å². The van der Waals surface area contributed by atoms with Crippen molar-refractivity contribution in [1.29, 1.82) is 0 Å². The molecule has 9 heteroatoms. The predicted octanol–water partition coefficient (Wildman–Crippen LogP) is 7.26. The van der Waals surface area contributed by atoms with Crippen molar-refractivity contribution in [2.45, 2.75) is 77.7 Å². The van der Waals surface area contributed by atoms with Crippen molar-refractivity contribution in [3.63, 3.8) is 0 Å². The number of hydrogen-bond donors (Lipinski definition) is 0. The molecule has 3 aromatic rings. The van der Waals surface area contributed by atoms with Crippen molar-refractivity contribution in [2.75, 3.05) is 33.9 Å². The minimum atomic E-state index is -0.677. The SMILES string of the molecule is COc1ccc(C2=NN(CCCCCN(CC(=O)c3ccc4c(c3)COC(C)(C)O4)Cc3ccccc3)C(=O)C3CCCCC23)cc1OC. The fourth-order valence-corrected chi connectivity index (χ4v) is 7.26. The Balaban J connectivity index is 1.09. The molecule has 260 valence electrons. The molecule has 1 aliphatic carbocycles. The smallest absolute Gasteiger partial charge is 0.246 e. The first-order chi connectivity index (χ1) is 23.7. The molecule has 3 aromatic carbocycles. The lowest BCUT2D eigenvalue weighted by Crippen LogP contribution is -2.46. The average Bonchev–Trinajstić information content (AvgIpc) is 3.11. The molecule has 3 aliphatic rings. The summed E-state index contributed by atoms with van der Waals surface area (Å²) in [5.41, 5.74) is 4.68. The molecule has 0 saturated heterocycles. The number of ether oxygens (including phenoxy) is 4. The van der Waals surface area contributed by atoms with E-state index in [-0.39, 0.29) is 23.5 Å². The zero-order valence-electron chi connectivity index (χ0n) is 29.3. The van der Waals surface area contributed by atoms with E-state index < -0.39 is 5.79 Å². The number of carbonyl (C=O) groups is 2. The summed E-state index contributed by atoms with van der Waals surface area (Å²) >= 11 is 0. The number of hydrazone groups is 1. The summed E-state index contributed by atoms with van der Waals surface area (Å²) in [5, 5.41) is 6.70. The first-order valence-corrected chi connectivity index (χ1v) is 17.6. The average molecular weight is 668 g/mol. The van der Waals surface area contributed by atoms with Gasteiger partial charge in [0.1, 0.15) is 5.75 Å². The van der Waals surface area contributed by atoms with E-state index in [1.54, 1.807) is 19.2 Å². The van der Waals surface area contributed by atoms with Crippen LogP contribution in [0.2, 0.25) is 0 Å². The number of carbonyl (C=O) groups excluding carboxylic acids is 2. The number of rotatable bonds is 14. The van der Waals surface area contributed by atoms with Crippen molar-refractivity contribution in [3.8, 4) is 17.2 Å². The molecule has 1 fully saturated rings. The zero-order valence-corrected chi connectivity index (χ0v) is 29.3. The van der Waals surface area contributed by atoms with Gasteiger partial charge in [-0.3, -0.25) is 14.5 Å². The molecule has 2 atom stereocenters. The number of benzene rings is 3. The maximum atomic E-state index is 13.6. The molecule has 2 unspecified atom stereocenters. The number of ketones is 1. The number of methoxy groups -OCH3 is 2. The van der Waals surface area contributed by atoms with Crippen LogP contribution < -0.4 is 14.2 Å². The Morgan fingerprint density at radius 1 is 0.939 bits per heavy atom. The second-order valence-corrected chi connectivity index (χ2v) is 13.8. The van der Waals surface area contributed by atoms with E-state index in [9.17, 15) is 9.59 Å². The van der Waals surface area contributed by atoms with Gasteiger partial charge in [-0.25, -0.2) is 5.01 Å². The van der Waals surface area contributed by atoms with E-state index in [2.05, 4.69) is 17.0 Å². The lowest BCUT2D eigenvalue weighted by atomic mass is 9.73. The van der Waals surface area contributed by atoms with Crippen LogP contribution in [0.1, 0.15) is 85.8 Å². The summed E-state index contributed by atoms with van der Waals surface area (Å²) in [7, 11) is 3.27. The molecule has 1 amide bonds. The lowest BCUT2D eigenvalue weighted by Gasteiger charge is -2.38. The fraction of sp³-hybridized carbons (Fsp3) is 0.475. The first-order valence-electron chi connectivity index (χ1n) is 17.6. The normalized spacial score (nSPS) is 19.8. The van der Waals surface area contributed by atoms with E-state index >= 15 is 0 Å². The summed E-state index contributed by atoms with van der Waals surface area (Å²) in [6, 6.07) is 21.8. The highest BCUT2D eigenvalue weighted by Gasteiger charge is 2.41. The third-order valence-electron chi connectivity index (χ3n) is 9.87. The predicted molar refractivity (Wildman–Crippen MR) is 189 cm³/mol. The van der Waals surface area contributed by atoms with E-state index in [0.29, 0.717) is 43.3 Å². The molecule has 0 radical (unpaired) electrons. The van der Waals surface area contributed by atoms with Gasteiger partial charge in [-0.1, -0.05) is 49.6 Å². The van der Waals surface area contributed by atoms with Gasteiger partial charge in [0, 0.05) is 55.5 Å². The highest BCUT2D eigenvalue weighted by molar-refractivity contribution is 6.07. The van der Waals surface area contributed by atoms with Crippen LogP contribution >= 0.6 is 0 Å². The Morgan fingerprint density at radius 3 is 2.49 bits per heavy atom. The van der Waals surface area contributed by atoms with Crippen molar-refractivity contribution in [3.05, 3.63) is 89.0 Å². The summed E-state index contributed by atoms with van der Waals surface area (Å²) < 4.78 is 22.8. The molecule has 9 nitrogen and oxygen atoms in total. The van der Waals surface area contributed by atoms with Gasteiger partial charge in [-0.05, 0) is 74.2 Å². The Hall–Kier alpha value is -4.21. The number of nitrogens with zero attached hydrogens (tertiary/aromatic N) is 3. The van der Waals surface area contributed by atoms with E-state index in [4.69, 9.17) is 24.0 Å². The van der Waals surface area contributed by atoms with Gasteiger partial charge in [0.25, 0.3) is 0 Å². The summed E-state index contributed by atoms with van der Waals surface area (Å²) in [4.78, 5) is 29.4. The topological polar surface area (TPSA) is 89.9 Å². The van der Waals surface area contributed by atoms with Gasteiger partial charge in [0.15, 0.2) is 17.3 Å². The molecule has 0 bridgehead atoms. The quantitative estimate of drug-likeness (QED) is 0.132. The Kier molecular flexibility index (Phi) is 11.0. The van der Waals surface area contributed by atoms with Gasteiger partial charge in [0.2, 0.25) is 11.7 Å². The number of Topliss-reactive ketones (excluding diaryl/α,β-unsaturated/α-hetero) is 1. The lowest BCUT2D eigenvalue weighted by molar-refractivity contribution is -0.180. The van der Waals surface area contributed by atoms with Gasteiger partial charge in [-0.2, -0.15) is 5.10 Å². The van der Waals surface area contributed by atoms with E-state index in [1.165, 1.54) is 5.56 Å². The monoisotopic (exact) mass is 667 g/mol. The highest BCUT2D eigenvalue weighted by atomic mass is 16.7. The summed E-state index contributed by atoms with van der Waals surface area (Å²) in [6.07, 6.45) is 6.70. The molecule has 2 heterocycles. The molecule has 0 aromatic heterocycles.